The molecule has 0 amide bonds. The fourth-order valence-corrected chi connectivity index (χ4v) is 2.25. The van der Waals surface area contributed by atoms with E-state index in [1.54, 1.807) is 19.1 Å². The van der Waals surface area contributed by atoms with Crippen molar-refractivity contribution in [2.45, 2.75) is 39.0 Å². The second kappa shape index (κ2) is 6.38. The van der Waals surface area contributed by atoms with Crippen molar-refractivity contribution >= 4 is 11.8 Å². The largest absolute Gasteiger partial charge is 0.463 e. The van der Waals surface area contributed by atoms with E-state index in [0.717, 1.165) is 19.3 Å². The van der Waals surface area contributed by atoms with Crippen LogP contribution in [-0.2, 0) is 14.3 Å². The number of hydrogen-bond donors (Lipinski definition) is 0. The fourth-order valence-electron chi connectivity index (χ4n) is 2.25. The summed E-state index contributed by atoms with van der Waals surface area (Å²) in [6, 6.07) is 0. The molecule has 1 atom stereocenters. The van der Waals surface area contributed by atoms with Gasteiger partial charge < -0.3 is 4.74 Å². The van der Waals surface area contributed by atoms with Gasteiger partial charge in [0.15, 0.2) is 0 Å². The van der Waals surface area contributed by atoms with E-state index >= 15 is 0 Å². The minimum atomic E-state index is -0.521. The number of Topliss-reactive ketones (excluding diaryl/α,β-unsaturated/α-hetero) is 1. The van der Waals surface area contributed by atoms with Crippen molar-refractivity contribution in [3.63, 3.8) is 0 Å². The monoisotopic (exact) mass is 236 g/mol. The Hall–Kier alpha value is -1.38. The molecular weight excluding hydrogens is 216 g/mol. The summed E-state index contributed by atoms with van der Waals surface area (Å²) >= 11 is 0. The maximum Gasteiger partial charge on any atom is 0.330 e. The number of ketones is 1. The first kappa shape index (κ1) is 13.7. The van der Waals surface area contributed by atoms with Crippen LogP contribution in [0.2, 0.25) is 0 Å². The topological polar surface area (TPSA) is 43.4 Å². The van der Waals surface area contributed by atoms with Crippen molar-refractivity contribution in [2.24, 2.45) is 5.41 Å². The first-order valence-corrected chi connectivity index (χ1v) is 6.15. The SMILES string of the molecule is C=CCC1(/C=C/C(=O)OCC)CCCCC1=O. The maximum atomic E-state index is 12.0. The molecule has 94 valence electrons. The van der Waals surface area contributed by atoms with E-state index < -0.39 is 5.41 Å². The van der Waals surface area contributed by atoms with Crippen LogP contribution in [0.25, 0.3) is 0 Å². The van der Waals surface area contributed by atoms with Crippen molar-refractivity contribution in [1.29, 1.82) is 0 Å². The summed E-state index contributed by atoms with van der Waals surface area (Å²) in [6.07, 6.45) is 8.82. The van der Waals surface area contributed by atoms with Crippen molar-refractivity contribution in [3.8, 4) is 0 Å². The van der Waals surface area contributed by atoms with Gasteiger partial charge in [-0.2, -0.15) is 0 Å². The first-order valence-electron chi connectivity index (χ1n) is 6.15. The van der Waals surface area contributed by atoms with Crippen LogP contribution >= 0.6 is 0 Å². The van der Waals surface area contributed by atoms with E-state index in [1.165, 1.54) is 6.08 Å². The van der Waals surface area contributed by atoms with Gasteiger partial charge in [-0.3, -0.25) is 4.79 Å². The molecule has 1 aliphatic rings. The van der Waals surface area contributed by atoms with Crippen LogP contribution in [0.5, 0.6) is 0 Å². The van der Waals surface area contributed by atoms with Gasteiger partial charge in [-0.05, 0) is 26.2 Å². The Balaban J connectivity index is 2.80. The Morgan fingerprint density at radius 2 is 2.29 bits per heavy atom. The van der Waals surface area contributed by atoms with E-state index in [9.17, 15) is 9.59 Å². The molecule has 0 aromatic carbocycles. The highest BCUT2D eigenvalue weighted by atomic mass is 16.5. The lowest BCUT2D eigenvalue weighted by molar-refractivity contribution is -0.137. The molecule has 0 aliphatic heterocycles. The lowest BCUT2D eigenvalue weighted by Gasteiger charge is -2.31. The number of carbonyl (C=O) groups excluding carboxylic acids is 2. The minimum absolute atomic E-state index is 0.212. The summed E-state index contributed by atoms with van der Waals surface area (Å²) in [5.41, 5.74) is -0.521. The van der Waals surface area contributed by atoms with Gasteiger partial charge in [0.05, 0.1) is 12.0 Å². The Morgan fingerprint density at radius 1 is 1.53 bits per heavy atom. The Bertz CT molecular complexity index is 330. The van der Waals surface area contributed by atoms with Gasteiger partial charge in [-0.15, -0.1) is 6.58 Å². The van der Waals surface area contributed by atoms with Crippen LogP contribution in [0.1, 0.15) is 39.0 Å². The van der Waals surface area contributed by atoms with E-state index in [0.29, 0.717) is 19.4 Å². The van der Waals surface area contributed by atoms with Gasteiger partial charge in [0.25, 0.3) is 0 Å². The Morgan fingerprint density at radius 3 is 2.88 bits per heavy atom. The van der Waals surface area contributed by atoms with Gasteiger partial charge in [-0.25, -0.2) is 4.79 Å². The highest BCUT2D eigenvalue weighted by Gasteiger charge is 2.36. The second-order valence-corrected chi connectivity index (χ2v) is 4.36. The zero-order chi connectivity index (χ0) is 12.7. The molecule has 0 bridgehead atoms. The summed E-state index contributed by atoms with van der Waals surface area (Å²) in [6.45, 7) is 5.81. The summed E-state index contributed by atoms with van der Waals surface area (Å²) in [4.78, 5) is 23.3. The van der Waals surface area contributed by atoms with E-state index in [4.69, 9.17) is 4.74 Å². The number of allylic oxidation sites excluding steroid dienone is 2. The molecule has 1 rings (SSSR count). The van der Waals surface area contributed by atoms with Crippen molar-refractivity contribution < 1.29 is 14.3 Å². The minimum Gasteiger partial charge on any atom is -0.463 e. The number of ether oxygens (including phenoxy) is 1. The molecule has 3 heteroatoms. The van der Waals surface area contributed by atoms with Crippen LogP contribution in [0, 0.1) is 5.41 Å². The normalized spacial score (nSPS) is 24.9. The zero-order valence-corrected chi connectivity index (χ0v) is 10.4. The molecule has 1 aliphatic carbocycles. The first-order chi connectivity index (χ1) is 8.14. The highest BCUT2D eigenvalue weighted by Crippen LogP contribution is 2.38. The van der Waals surface area contributed by atoms with Gasteiger partial charge in [0, 0.05) is 12.5 Å². The van der Waals surface area contributed by atoms with Gasteiger partial charge in [0.1, 0.15) is 5.78 Å². The molecule has 0 aromatic rings. The van der Waals surface area contributed by atoms with Crippen LogP contribution in [0.3, 0.4) is 0 Å². The molecule has 1 unspecified atom stereocenters. The molecule has 0 N–H and O–H groups in total. The third-order valence-corrected chi connectivity index (χ3v) is 3.17. The van der Waals surface area contributed by atoms with Gasteiger partial charge in [0.2, 0.25) is 0 Å². The summed E-state index contributed by atoms with van der Waals surface area (Å²) < 4.78 is 4.83. The predicted octanol–water partition coefficient (Wildman–Crippen LogP) is 2.81. The molecule has 0 spiro atoms. The summed E-state index contributed by atoms with van der Waals surface area (Å²) in [5, 5.41) is 0. The van der Waals surface area contributed by atoms with Crippen LogP contribution < -0.4 is 0 Å². The number of hydrogen-bond acceptors (Lipinski definition) is 3. The van der Waals surface area contributed by atoms with Crippen molar-refractivity contribution in [1.82, 2.24) is 0 Å². The third kappa shape index (κ3) is 3.55. The molecule has 0 heterocycles. The molecule has 0 radical (unpaired) electrons. The average Bonchev–Trinajstić information content (AvgIpc) is 2.31. The van der Waals surface area contributed by atoms with E-state index in [-0.39, 0.29) is 11.8 Å². The Labute approximate surface area is 103 Å². The Kier molecular flexibility index (Phi) is 5.13. The third-order valence-electron chi connectivity index (χ3n) is 3.17. The van der Waals surface area contributed by atoms with Crippen molar-refractivity contribution in [2.75, 3.05) is 6.61 Å². The predicted molar refractivity (Wildman–Crippen MR) is 66.5 cm³/mol. The lowest BCUT2D eigenvalue weighted by atomic mass is 9.70. The van der Waals surface area contributed by atoms with Gasteiger partial charge in [-0.1, -0.05) is 18.6 Å². The smallest absolute Gasteiger partial charge is 0.330 e. The summed E-state index contributed by atoms with van der Waals surface area (Å²) in [7, 11) is 0. The molecule has 3 nitrogen and oxygen atoms in total. The van der Waals surface area contributed by atoms with Crippen LogP contribution in [0.4, 0.5) is 0 Å². The van der Waals surface area contributed by atoms with E-state index in [1.807, 2.05) is 0 Å². The molecule has 1 saturated carbocycles. The molecular formula is C14H20O3. The summed E-state index contributed by atoms with van der Waals surface area (Å²) in [5.74, 6) is -0.168. The lowest BCUT2D eigenvalue weighted by Crippen LogP contribution is -2.32. The fraction of sp³-hybridized carbons (Fsp3) is 0.571. The average molecular weight is 236 g/mol. The molecule has 0 saturated heterocycles. The molecule has 0 aromatic heterocycles. The maximum absolute atomic E-state index is 12.0. The second-order valence-electron chi connectivity index (χ2n) is 4.36. The van der Waals surface area contributed by atoms with Gasteiger partial charge >= 0.3 is 5.97 Å². The van der Waals surface area contributed by atoms with Crippen LogP contribution in [0.15, 0.2) is 24.8 Å². The standard InChI is InChI=1S/C14H20O3/c1-3-9-14(10-6-5-7-12(14)15)11-8-13(16)17-4-2/h3,8,11H,1,4-7,9-10H2,2H3/b11-8+. The van der Waals surface area contributed by atoms with Crippen LogP contribution in [-0.4, -0.2) is 18.4 Å². The van der Waals surface area contributed by atoms with E-state index in [2.05, 4.69) is 6.58 Å². The number of rotatable bonds is 5. The zero-order valence-electron chi connectivity index (χ0n) is 10.4. The molecule has 1 fully saturated rings. The quantitative estimate of drug-likeness (QED) is 0.419. The highest BCUT2D eigenvalue weighted by molar-refractivity contribution is 5.90. The number of esters is 1. The number of carbonyl (C=O) groups is 2. The van der Waals surface area contributed by atoms with Crippen molar-refractivity contribution in [3.05, 3.63) is 24.8 Å². The molecule has 17 heavy (non-hydrogen) atoms.